The SMILES string of the molecule is CCC(NC(=O)C(C)N(c1ccc(F)c(F)c1)S(C)(=O)=O)c1ccc(OC)c(C)c1. The lowest BCUT2D eigenvalue weighted by molar-refractivity contribution is -0.122. The fraction of sp³-hybridized carbons (Fsp3) is 0.381. The molecule has 0 saturated heterocycles. The van der Waals surface area contributed by atoms with E-state index in [1.165, 1.54) is 6.92 Å². The molecule has 0 aliphatic rings. The Morgan fingerprint density at radius 1 is 1.17 bits per heavy atom. The summed E-state index contributed by atoms with van der Waals surface area (Å²) in [6.07, 6.45) is 1.47. The zero-order chi connectivity index (χ0) is 22.6. The van der Waals surface area contributed by atoms with Crippen molar-refractivity contribution in [2.75, 3.05) is 17.7 Å². The molecule has 0 spiro atoms. The van der Waals surface area contributed by atoms with E-state index in [0.717, 1.165) is 45.6 Å². The van der Waals surface area contributed by atoms with Crippen molar-refractivity contribution in [1.82, 2.24) is 5.32 Å². The van der Waals surface area contributed by atoms with Gasteiger partial charge in [0, 0.05) is 6.07 Å². The summed E-state index contributed by atoms with van der Waals surface area (Å²) in [5.41, 5.74) is 1.61. The van der Waals surface area contributed by atoms with E-state index in [0.29, 0.717) is 6.42 Å². The number of nitrogens with zero attached hydrogens (tertiary/aromatic N) is 1. The number of anilines is 1. The zero-order valence-corrected chi connectivity index (χ0v) is 18.4. The van der Waals surface area contributed by atoms with E-state index in [9.17, 15) is 22.0 Å². The van der Waals surface area contributed by atoms with Crippen LogP contribution in [0.3, 0.4) is 0 Å². The van der Waals surface area contributed by atoms with E-state index in [-0.39, 0.29) is 11.7 Å². The summed E-state index contributed by atoms with van der Waals surface area (Å²) in [5.74, 6) is -2.15. The summed E-state index contributed by atoms with van der Waals surface area (Å²) >= 11 is 0. The Morgan fingerprint density at radius 2 is 1.83 bits per heavy atom. The molecule has 30 heavy (non-hydrogen) atoms. The Hall–Kier alpha value is -2.68. The predicted octanol–water partition coefficient (Wildman–Crippen LogP) is 3.70. The van der Waals surface area contributed by atoms with Crippen LogP contribution in [0.2, 0.25) is 0 Å². The third kappa shape index (κ3) is 5.27. The highest BCUT2D eigenvalue weighted by Crippen LogP contribution is 2.26. The lowest BCUT2D eigenvalue weighted by Crippen LogP contribution is -2.48. The predicted molar refractivity (Wildman–Crippen MR) is 112 cm³/mol. The van der Waals surface area contributed by atoms with Crippen molar-refractivity contribution in [3.8, 4) is 5.75 Å². The molecule has 2 atom stereocenters. The van der Waals surface area contributed by atoms with Crippen LogP contribution in [0.1, 0.15) is 37.4 Å². The molecule has 2 aromatic rings. The zero-order valence-electron chi connectivity index (χ0n) is 17.6. The van der Waals surface area contributed by atoms with Gasteiger partial charge >= 0.3 is 0 Å². The Kier molecular flexibility index (Phi) is 7.41. The van der Waals surface area contributed by atoms with Crippen LogP contribution in [0, 0.1) is 18.6 Å². The van der Waals surface area contributed by atoms with E-state index in [1.807, 2.05) is 26.0 Å². The molecular weight excluding hydrogens is 414 g/mol. The molecule has 0 aliphatic carbocycles. The van der Waals surface area contributed by atoms with Gasteiger partial charge in [-0.2, -0.15) is 0 Å². The van der Waals surface area contributed by atoms with Crippen molar-refractivity contribution in [3.63, 3.8) is 0 Å². The molecule has 164 valence electrons. The number of nitrogens with one attached hydrogen (secondary N) is 1. The maximum Gasteiger partial charge on any atom is 0.244 e. The molecule has 0 aromatic heterocycles. The van der Waals surface area contributed by atoms with Gasteiger partial charge in [0.05, 0.1) is 25.1 Å². The Labute approximate surface area is 175 Å². The maximum absolute atomic E-state index is 13.7. The van der Waals surface area contributed by atoms with E-state index < -0.39 is 33.6 Å². The molecule has 1 amide bonds. The summed E-state index contributed by atoms with van der Waals surface area (Å²) in [4.78, 5) is 12.9. The van der Waals surface area contributed by atoms with Crippen LogP contribution in [0.25, 0.3) is 0 Å². The normalized spacial score (nSPS) is 13.4. The first-order chi connectivity index (χ1) is 14.0. The standard InChI is InChI=1S/C21H26F2N2O4S/c1-6-19(15-7-10-20(29-4)13(2)11-15)24-21(26)14(3)25(30(5,27)28)16-8-9-17(22)18(23)12-16/h7-12,14,19H,6H2,1-5H3,(H,24,26). The monoisotopic (exact) mass is 440 g/mol. The van der Waals surface area contributed by atoms with Crippen molar-refractivity contribution < 1.29 is 26.7 Å². The Balaban J connectivity index is 2.31. The second-order valence-electron chi connectivity index (χ2n) is 7.03. The van der Waals surface area contributed by atoms with Gasteiger partial charge in [-0.15, -0.1) is 0 Å². The highest BCUT2D eigenvalue weighted by atomic mass is 32.2. The molecule has 9 heteroatoms. The van der Waals surface area contributed by atoms with Crippen molar-refractivity contribution in [2.45, 2.75) is 39.3 Å². The molecule has 2 rings (SSSR count). The number of aryl methyl sites for hydroxylation is 1. The van der Waals surface area contributed by atoms with E-state index in [1.54, 1.807) is 13.2 Å². The van der Waals surface area contributed by atoms with Crippen LogP contribution in [0.15, 0.2) is 36.4 Å². The maximum atomic E-state index is 13.7. The van der Waals surface area contributed by atoms with E-state index in [2.05, 4.69) is 5.32 Å². The quantitative estimate of drug-likeness (QED) is 0.679. The number of carbonyl (C=O) groups excluding carboxylic acids is 1. The first-order valence-electron chi connectivity index (χ1n) is 9.39. The van der Waals surface area contributed by atoms with Gasteiger partial charge in [0.1, 0.15) is 11.8 Å². The number of ether oxygens (including phenoxy) is 1. The minimum absolute atomic E-state index is 0.132. The molecule has 6 nitrogen and oxygen atoms in total. The third-order valence-corrected chi connectivity index (χ3v) is 6.03. The van der Waals surface area contributed by atoms with E-state index >= 15 is 0 Å². The van der Waals surface area contributed by atoms with Gasteiger partial charge in [-0.25, -0.2) is 17.2 Å². The van der Waals surface area contributed by atoms with Crippen LogP contribution in [0.5, 0.6) is 5.75 Å². The third-order valence-electron chi connectivity index (χ3n) is 4.79. The summed E-state index contributed by atoms with van der Waals surface area (Å²) in [7, 11) is -2.38. The number of carbonyl (C=O) groups is 1. The number of hydrogen-bond acceptors (Lipinski definition) is 4. The lowest BCUT2D eigenvalue weighted by atomic mass is 10.0. The van der Waals surface area contributed by atoms with Crippen molar-refractivity contribution in [1.29, 1.82) is 0 Å². The van der Waals surface area contributed by atoms with E-state index in [4.69, 9.17) is 4.74 Å². The van der Waals surface area contributed by atoms with Crippen LogP contribution < -0.4 is 14.4 Å². The Bertz CT molecular complexity index is 1030. The van der Waals surface area contributed by atoms with Crippen LogP contribution in [-0.4, -0.2) is 33.7 Å². The van der Waals surface area contributed by atoms with Crippen LogP contribution in [0.4, 0.5) is 14.5 Å². The summed E-state index contributed by atoms with van der Waals surface area (Å²) in [5, 5.41) is 2.84. The molecule has 1 N–H and O–H groups in total. The van der Waals surface area contributed by atoms with Gasteiger partial charge in [0.25, 0.3) is 0 Å². The Morgan fingerprint density at radius 3 is 2.33 bits per heavy atom. The average molecular weight is 441 g/mol. The number of methoxy groups -OCH3 is 1. The van der Waals surface area contributed by atoms with Crippen LogP contribution >= 0.6 is 0 Å². The fourth-order valence-corrected chi connectivity index (χ4v) is 4.43. The number of halogens is 2. The number of rotatable bonds is 8. The fourth-order valence-electron chi connectivity index (χ4n) is 3.26. The first kappa shape index (κ1) is 23.6. The van der Waals surface area contributed by atoms with Crippen molar-refractivity contribution in [2.24, 2.45) is 0 Å². The first-order valence-corrected chi connectivity index (χ1v) is 11.2. The van der Waals surface area contributed by atoms with Gasteiger partial charge in [0.2, 0.25) is 15.9 Å². The van der Waals surface area contributed by atoms with Crippen molar-refractivity contribution >= 4 is 21.6 Å². The summed E-state index contributed by atoms with van der Waals surface area (Å²) in [6, 6.07) is 6.66. The minimum atomic E-state index is -3.95. The largest absolute Gasteiger partial charge is 0.496 e. The highest BCUT2D eigenvalue weighted by Gasteiger charge is 2.31. The van der Waals surface area contributed by atoms with Gasteiger partial charge in [0.15, 0.2) is 11.6 Å². The van der Waals surface area contributed by atoms with Crippen LogP contribution in [-0.2, 0) is 14.8 Å². The second-order valence-corrected chi connectivity index (χ2v) is 8.89. The number of benzene rings is 2. The molecule has 0 bridgehead atoms. The minimum Gasteiger partial charge on any atom is -0.496 e. The molecule has 0 aliphatic heterocycles. The molecule has 0 heterocycles. The number of hydrogen-bond donors (Lipinski definition) is 1. The van der Waals surface area contributed by atoms with Gasteiger partial charge < -0.3 is 10.1 Å². The molecule has 0 saturated carbocycles. The second kappa shape index (κ2) is 9.42. The lowest BCUT2D eigenvalue weighted by Gasteiger charge is -2.30. The topological polar surface area (TPSA) is 75.7 Å². The molecular formula is C21H26F2N2O4S. The molecule has 2 aromatic carbocycles. The molecule has 0 fully saturated rings. The van der Waals surface area contributed by atoms with Crippen molar-refractivity contribution in [3.05, 3.63) is 59.2 Å². The van der Waals surface area contributed by atoms with Gasteiger partial charge in [-0.3, -0.25) is 9.10 Å². The smallest absolute Gasteiger partial charge is 0.244 e. The summed E-state index contributed by atoms with van der Waals surface area (Å²) < 4.78 is 57.6. The highest BCUT2D eigenvalue weighted by molar-refractivity contribution is 7.92. The average Bonchev–Trinajstić information content (AvgIpc) is 2.67. The number of amides is 1. The van der Waals surface area contributed by atoms with Gasteiger partial charge in [-0.1, -0.05) is 19.1 Å². The number of sulfonamides is 1. The molecule has 0 radical (unpaired) electrons. The van der Waals surface area contributed by atoms with Gasteiger partial charge in [-0.05, 0) is 49.6 Å². The molecule has 2 unspecified atom stereocenters. The summed E-state index contributed by atoms with van der Waals surface area (Å²) in [6.45, 7) is 5.16.